The topological polar surface area (TPSA) is 43.4 Å². The maximum atomic E-state index is 12.3. The Hall–Kier alpha value is -1.08. The average molecular weight is 294 g/mol. The first-order chi connectivity index (χ1) is 8.68. The zero-order chi connectivity index (χ0) is 14.3. The van der Waals surface area contributed by atoms with Crippen LogP contribution < -0.4 is 0 Å². The van der Waals surface area contributed by atoms with Crippen molar-refractivity contribution < 1.29 is 25.8 Å². The Morgan fingerprint density at radius 3 is 2.16 bits per heavy atom. The van der Waals surface area contributed by atoms with Gasteiger partial charge < -0.3 is 0 Å². The van der Waals surface area contributed by atoms with Crippen molar-refractivity contribution in [1.29, 1.82) is 0 Å². The van der Waals surface area contributed by atoms with Crippen LogP contribution in [0.5, 0.6) is 0 Å². The van der Waals surface area contributed by atoms with Gasteiger partial charge in [-0.05, 0) is 31.9 Å². The molecule has 1 aromatic carbocycles. The van der Waals surface area contributed by atoms with Gasteiger partial charge in [-0.15, -0.1) is 0 Å². The molecule has 19 heavy (non-hydrogen) atoms. The summed E-state index contributed by atoms with van der Waals surface area (Å²) in [4.78, 5) is -0.0337. The second kappa shape index (κ2) is 4.79. The van der Waals surface area contributed by atoms with Gasteiger partial charge in [-0.2, -0.15) is 21.6 Å². The zero-order valence-corrected chi connectivity index (χ0v) is 11.0. The van der Waals surface area contributed by atoms with E-state index in [-0.39, 0.29) is 17.7 Å². The Morgan fingerprint density at radius 2 is 1.68 bits per heavy atom. The monoisotopic (exact) mass is 294 g/mol. The smallest absolute Gasteiger partial charge is 0.263 e. The number of aryl methyl sites for hydroxylation is 1. The third kappa shape index (κ3) is 3.27. The van der Waals surface area contributed by atoms with Crippen molar-refractivity contribution in [2.75, 3.05) is 0 Å². The second-order valence-electron chi connectivity index (χ2n) is 4.70. The molecule has 1 aromatic rings. The van der Waals surface area contributed by atoms with E-state index in [0.29, 0.717) is 0 Å². The molecule has 0 atom stereocenters. The zero-order valence-electron chi connectivity index (χ0n) is 10.1. The van der Waals surface area contributed by atoms with E-state index in [4.69, 9.17) is 4.18 Å². The Morgan fingerprint density at radius 1 is 1.16 bits per heavy atom. The van der Waals surface area contributed by atoms with Crippen molar-refractivity contribution in [3.8, 4) is 0 Å². The normalized spacial score (nSPS) is 24.0. The van der Waals surface area contributed by atoms with Gasteiger partial charge in [0.15, 0.2) is 0 Å². The van der Waals surface area contributed by atoms with E-state index in [9.17, 15) is 21.6 Å². The summed E-state index contributed by atoms with van der Waals surface area (Å²) in [6.07, 6.45) is -5.74. The highest BCUT2D eigenvalue weighted by Crippen LogP contribution is 2.43. The molecule has 7 heteroatoms. The van der Waals surface area contributed by atoms with Gasteiger partial charge in [0.25, 0.3) is 10.1 Å². The van der Waals surface area contributed by atoms with Gasteiger partial charge in [-0.1, -0.05) is 17.7 Å². The van der Waals surface area contributed by atoms with Crippen molar-refractivity contribution in [2.45, 2.75) is 36.9 Å². The molecular formula is C12H13F3O3S. The summed E-state index contributed by atoms with van der Waals surface area (Å²) in [5.74, 6) is -1.45. The lowest BCUT2D eigenvalue weighted by molar-refractivity contribution is -0.210. The van der Waals surface area contributed by atoms with Crippen LogP contribution >= 0.6 is 0 Å². The highest BCUT2D eigenvalue weighted by molar-refractivity contribution is 7.86. The molecule has 0 spiro atoms. The van der Waals surface area contributed by atoms with Crippen molar-refractivity contribution in [3.05, 3.63) is 29.8 Å². The van der Waals surface area contributed by atoms with Crippen molar-refractivity contribution in [3.63, 3.8) is 0 Å². The first-order valence-electron chi connectivity index (χ1n) is 5.75. The lowest BCUT2D eigenvalue weighted by Gasteiger charge is -2.35. The largest absolute Gasteiger partial charge is 0.392 e. The van der Waals surface area contributed by atoms with Gasteiger partial charge in [-0.25, -0.2) is 0 Å². The summed E-state index contributed by atoms with van der Waals surface area (Å²) >= 11 is 0. The fraction of sp³-hybridized carbons (Fsp3) is 0.500. The van der Waals surface area contributed by atoms with E-state index in [1.807, 2.05) is 0 Å². The molecule has 1 fully saturated rings. The predicted molar refractivity (Wildman–Crippen MR) is 62.0 cm³/mol. The van der Waals surface area contributed by atoms with E-state index in [2.05, 4.69) is 0 Å². The molecule has 0 bridgehead atoms. The van der Waals surface area contributed by atoms with Crippen LogP contribution in [0.15, 0.2) is 29.2 Å². The summed E-state index contributed by atoms with van der Waals surface area (Å²) in [6.45, 7) is 1.80. The van der Waals surface area contributed by atoms with Gasteiger partial charge in [0.1, 0.15) is 0 Å². The lowest BCUT2D eigenvalue weighted by Crippen LogP contribution is -2.41. The fourth-order valence-electron chi connectivity index (χ4n) is 1.85. The van der Waals surface area contributed by atoms with Crippen LogP contribution in [0.3, 0.4) is 0 Å². The third-order valence-electron chi connectivity index (χ3n) is 3.13. The summed E-state index contributed by atoms with van der Waals surface area (Å²) in [5.41, 5.74) is 0.889. The molecule has 1 aliphatic carbocycles. The number of alkyl halides is 3. The predicted octanol–water partition coefficient (Wildman–Crippen LogP) is 3.04. The Bertz CT molecular complexity index is 543. The summed E-state index contributed by atoms with van der Waals surface area (Å²) in [7, 11) is -3.97. The van der Waals surface area contributed by atoms with Crippen LogP contribution in [0.1, 0.15) is 18.4 Å². The molecule has 1 saturated carbocycles. The van der Waals surface area contributed by atoms with E-state index >= 15 is 0 Å². The molecule has 2 rings (SSSR count). The van der Waals surface area contributed by atoms with Gasteiger partial charge in [0.2, 0.25) is 0 Å². The van der Waals surface area contributed by atoms with Crippen molar-refractivity contribution in [2.24, 2.45) is 5.92 Å². The average Bonchev–Trinajstić information content (AvgIpc) is 2.22. The summed E-state index contributed by atoms with van der Waals surface area (Å²) in [6, 6.07) is 5.97. The maximum Gasteiger partial charge on any atom is 0.392 e. The molecule has 0 aliphatic heterocycles. The Balaban J connectivity index is 1.99. The van der Waals surface area contributed by atoms with Gasteiger partial charge in [0, 0.05) is 0 Å². The number of halogens is 3. The van der Waals surface area contributed by atoms with Crippen molar-refractivity contribution >= 4 is 10.1 Å². The minimum absolute atomic E-state index is 0.0337. The highest BCUT2D eigenvalue weighted by Gasteiger charge is 2.49. The van der Waals surface area contributed by atoms with E-state index in [1.165, 1.54) is 12.1 Å². The van der Waals surface area contributed by atoms with Crippen molar-refractivity contribution in [1.82, 2.24) is 0 Å². The SMILES string of the molecule is Cc1ccc(S(=O)(=O)O[C@H]2C[C@@H](C(F)(F)F)C2)cc1. The molecule has 0 N–H and O–H groups in total. The van der Waals surface area contributed by atoms with Crippen LogP contribution in [0.4, 0.5) is 13.2 Å². The standard InChI is InChI=1S/C12H13F3O3S/c1-8-2-4-11(5-3-8)19(16,17)18-10-6-9(7-10)12(13,14)15/h2-5,9-10H,6-7H2,1H3/t9-,10+. The molecule has 0 radical (unpaired) electrons. The quantitative estimate of drug-likeness (QED) is 0.805. The first-order valence-corrected chi connectivity index (χ1v) is 7.16. The number of hydrogen-bond acceptors (Lipinski definition) is 3. The molecule has 106 valence electrons. The van der Waals surface area contributed by atoms with E-state index in [1.54, 1.807) is 19.1 Å². The van der Waals surface area contributed by atoms with E-state index < -0.39 is 28.3 Å². The van der Waals surface area contributed by atoms with Crippen LogP contribution in [-0.4, -0.2) is 20.7 Å². The van der Waals surface area contributed by atoms with E-state index in [0.717, 1.165) is 5.56 Å². The molecule has 0 saturated heterocycles. The number of hydrogen-bond donors (Lipinski definition) is 0. The summed E-state index contributed by atoms with van der Waals surface area (Å²) < 4.78 is 65.2. The number of rotatable bonds is 3. The fourth-order valence-corrected chi connectivity index (χ4v) is 2.95. The molecule has 0 amide bonds. The minimum Gasteiger partial charge on any atom is -0.263 e. The molecule has 1 aliphatic rings. The molecule has 0 aromatic heterocycles. The molecular weight excluding hydrogens is 281 g/mol. The highest BCUT2D eigenvalue weighted by atomic mass is 32.2. The van der Waals surface area contributed by atoms with Crippen LogP contribution in [0, 0.1) is 12.8 Å². The van der Waals surface area contributed by atoms with Crippen LogP contribution in [-0.2, 0) is 14.3 Å². The minimum atomic E-state index is -4.27. The number of benzene rings is 1. The van der Waals surface area contributed by atoms with Crippen LogP contribution in [0.25, 0.3) is 0 Å². The second-order valence-corrected chi connectivity index (χ2v) is 6.27. The Kier molecular flexibility index (Phi) is 3.61. The summed E-state index contributed by atoms with van der Waals surface area (Å²) in [5, 5.41) is 0. The Labute approximate surface area is 109 Å². The van der Waals surface area contributed by atoms with Gasteiger partial charge in [-0.3, -0.25) is 4.18 Å². The molecule has 3 nitrogen and oxygen atoms in total. The maximum absolute atomic E-state index is 12.3. The van der Waals surface area contributed by atoms with Crippen LogP contribution in [0.2, 0.25) is 0 Å². The van der Waals surface area contributed by atoms with Gasteiger partial charge >= 0.3 is 6.18 Å². The molecule has 0 heterocycles. The third-order valence-corrected chi connectivity index (χ3v) is 4.51. The molecule has 0 unspecified atom stereocenters. The first kappa shape index (κ1) is 14.3. The van der Waals surface area contributed by atoms with Gasteiger partial charge in [0.05, 0.1) is 16.9 Å². The lowest BCUT2D eigenvalue weighted by atomic mass is 9.82.